The van der Waals surface area contributed by atoms with E-state index in [2.05, 4.69) is 24.0 Å². The van der Waals surface area contributed by atoms with Crippen LogP contribution in [0.4, 0.5) is 5.69 Å². The minimum absolute atomic E-state index is 0.0906. The Balaban J connectivity index is 1.81. The zero-order valence-corrected chi connectivity index (χ0v) is 14.2. The molecule has 0 N–H and O–H groups in total. The van der Waals surface area contributed by atoms with Crippen molar-refractivity contribution in [2.45, 2.75) is 40.0 Å². The lowest BCUT2D eigenvalue weighted by atomic mass is 9.89. The molecule has 116 valence electrons. The fraction of sp³-hybridized carbons (Fsp3) is 0.444. The molecule has 22 heavy (non-hydrogen) atoms. The Hall–Kier alpha value is -1.68. The van der Waals surface area contributed by atoms with Gasteiger partial charge >= 0.3 is 0 Å². The Labute approximate surface area is 136 Å². The SMILES string of the molecule is CCN(C(=O)C1CCc2nc(C)sc2C1)c1cccc(C)c1. The molecule has 1 aromatic carbocycles. The van der Waals surface area contributed by atoms with Crippen molar-refractivity contribution in [3.8, 4) is 0 Å². The highest BCUT2D eigenvalue weighted by molar-refractivity contribution is 7.11. The predicted octanol–water partition coefficient (Wildman–Crippen LogP) is 3.92. The number of aryl methyl sites for hydroxylation is 3. The summed E-state index contributed by atoms with van der Waals surface area (Å²) >= 11 is 1.75. The zero-order valence-electron chi connectivity index (χ0n) is 13.4. The second kappa shape index (κ2) is 6.21. The smallest absolute Gasteiger partial charge is 0.230 e. The number of rotatable bonds is 3. The molecule has 0 aliphatic heterocycles. The molecule has 0 bridgehead atoms. The Morgan fingerprint density at radius 2 is 2.23 bits per heavy atom. The van der Waals surface area contributed by atoms with Crippen molar-refractivity contribution in [2.24, 2.45) is 5.92 Å². The summed E-state index contributed by atoms with van der Waals surface area (Å²) in [6.45, 7) is 6.87. The van der Waals surface area contributed by atoms with Gasteiger partial charge in [0.1, 0.15) is 0 Å². The van der Waals surface area contributed by atoms with E-state index in [0.717, 1.165) is 30.0 Å². The third-order valence-corrected chi connectivity index (χ3v) is 5.33. The van der Waals surface area contributed by atoms with E-state index < -0.39 is 0 Å². The number of amides is 1. The largest absolute Gasteiger partial charge is 0.312 e. The average Bonchev–Trinajstić information content (AvgIpc) is 2.87. The van der Waals surface area contributed by atoms with Crippen molar-refractivity contribution in [3.05, 3.63) is 45.4 Å². The van der Waals surface area contributed by atoms with Crippen LogP contribution >= 0.6 is 11.3 Å². The third-order valence-electron chi connectivity index (χ3n) is 4.29. The topological polar surface area (TPSA) is 33.2 Å². The van der Waals surface area contributed by atoms with Gasteiger partial charge in [0, 0.05) is 23.0 Å². The molecule has 0 fully saturated rings. The number of carbonyl (C=O) groups is 1. The summed E-state index contributed by atoms with van der Waals surface area (Å²) in [6, 6.07) is 8.20. The van der Waals surface area contributed by atoms with E-state index in [0.29, 0.717) is 6.54 Å². The maximum atomic E-state index is 13.0. The zero-order chi connectivity index (χ0) is 15.7. The minimum Gasteiger partial charge on any atom is -0.312 e. The molecule has 4 heteroatoms. The summed E-state index contributed by atoms with van der Waals surface area (Å²) in [7, 11) is 0. The van der Waals surface area contributed by atoms with Crippen LogP contribution in [0.15, 0.2) is 24.3 Å². The molecule has 1 aromatic heterocycles. The highest BCUT2D eigenvalue weighted by Gasteiger charge is 2.30. The summed E-state index contributed by atoms with van der Waals surface area (Å²) in [4.78, 5) is 20.8. The summed E-state index contributed by atoms with van der Waals surface area (Å²) in [6.07, 6.45) is 2.70. The number of hydrogen-bond donors (Lipinski definition) is 0. The van der Waals surface area contributed by atoms with Gasteiger partial charge in [0.15, 0.2) is 0 Å². The molecule has 0 spiro atoms. The van der Waals surface area contributed by atoms with Gasteiger partial charge < -0.3 is 4.90 Å². The number of benzene rings is 1. The van der Waals surface area contributed by atoms with Gasteiger partial charge in [-0.15, -0.1) is 11.3 Å². The van der Waals surface area contributed by atoms with Gasteiger partial charge in [-0.05, 0) is 57.7 Å². The quantitative estimate of drug-likeness (QED) is 0.860. The summed E-state index contributed by atoms with van der Waals surface area (Å²) in [5.41, 5.74) is 3.41. The summed E-state index contributed by atoms with van der Waals surface area (Å²) in [5.74, 6) is 0.345. The molecule has 0 saturated heterocycles. The van der Waals surface area contributed by atoms with Gasteiger partial charge in [0.2, 0.25) is 5.91 Å². The van der Waals surface area contributed by atoms with Gasteiger partial charge in [-0.1, -0.05) is 12.1 Å². The number of anilines is 1. The molecule has 0 radical (unpaired) electrons. The molecule has 0 saturated carbocycles. The molecule has 1 unspecified atom stereocenters. The van der Waals surface area contributed by atoms with Gasteiger partial charge in [0.05, 0.1) is 10.7 Å². The summed E-state index contributed by atoms with van der Waals surface area (Å²) < 4.78 is 0. The van der Waals surface area contributed by atoms with Crippen molar-refractivity contribution >= 4 is 22.9 Å². The van der Waals surface area contributed by atoms with Gasteiger partial charge in [-0.3, -0.25) is 4.79 Å². The molecule has 1 atom stereocenters. The van der Waals surface area contributed by atoms with E-state index >= 15 is 0 Å². The lowest BCUT2D eigenvalue weighted by molar-refractivity contribution is -0.122. The van der Waals surface area contributed by atoms with E-state index in [4.69, 9.17) is 0 Å². The van der Waals surface area contributed by atoms with Crippen molar-refractivity contribution in [1.29, 1.82) is 0 Å². The van der Waals surface area contributed by atoms with E-state index in [9.17, 15) is 4.79 Å². The number of aromatic nitrogens is 1. The normalized spacial score (nSPS) is 17.1. The number of fused-ring (bicyclic) bond motifs is 1. The van der Waals surface area contributed by atoms with Crippen LogP contribution in [0.2, 0.25) is 0 Å². The molecule has 1 aliphatic carbocycles. The first kappa shape index (κ1) is 15.2. The van der Waals surface area contributed by atoms with E-state index in [-0.39, 0.29) is 11.8 Å². The second-order valence-corrected chi connectivity index (χ2v) is 7.25. The maximum Gasteiger partial charge on any atom is 0.230 e. The number of carbonyl (C=O) groups excluding carboxylic acids is 1. The molecule has 1 amide bonds. The summed E-state index contributed by atoms with van der Waals surface area (Å²) in [5, 5.41) is 1.11. The lowest BCUT2D eigenvalue weighted by Gasteiger charge is -2.28. The van der Waals surface area contributed by atoms with Crippen molar-refractivity contribution in [3.63, 3.8) is 0 Å². The van der Waals surface area contributed by atoms with Crippen LogP contribution in [-0.2, 0) is 17.6 Å². The van der Waals surface area contributed by atoms with E-state index in [1.807, 2.05) is 30.9 Å². The average molecular weight is 314 g/mol. The van der Waals surface area contributed by atoms with Crippen LogP contribution in [0.5, 0.6) is 0 Å². The van der Waals surface area contributed by atoms with E-state index in [1.165, 1.54) is 16.1 Å². The lowest BCUT2D eigenvalue weighted by Crippen LogP contribution is -2.38. The molecule has 3 rings (SSSR count). The van der Waals surface area contributed by atoms with Gasteiger partial charge in [0.25, 0.3) is 0 Å². The van der Waals surface area contributed by atoms with Crippen molar-refractivity contribution < 1.29 is 4.79 Å². The van der Waals surface area contributed by atoms with E-state index in [1.54, 1.807) is 11.3 Å². The van der Waals surface area contributed by atoms with Gasteiger partial charge in [-0.25, -0.2) is 4.98 Å². The second-order valence-electron chi connectivity index (χ2n) is 5.96. The Morgan fingerprint density at radius 3 is 2.95 bits per heavy atom. The third kappa shape index (κ3) is 2.93. The maximum absolute atomic E-state index is 13.0. The van der Waals surface area contributed by atoms with Crippen LogP contribution < -0.4 is 4.90 Å². The fourth-order valence-electron chi connectivity index (χ4n) is 3.20. The van der Waals surface area contributed by atoms with Crippen LogP contribution in [0.1, 0.15) is 34.5 Å². The predicted molar refractivity (Wildman–Crippen MR) is 91.6 cm³/mol. The first-order chi connectivity index (χ1) is 10.6. The first-order valence-corrected chi connectivity index (χ1v) is 8.73. The standard InChI is InChI=1S/C18H22N2OS/c1-4-20(15-7-5-6-12(2)10-15)18(21)14-8-9-16-17(11-14)22-13(3)19-16/h5-7,10,14H,4,8-9,11H2,1-3H3. The van der Waals surface area contributed by atoms with Crippen LogP contribution in [0.3, 0.4) is 0 Å². The van der Waals surface area contributed by atoms with Crippen LogP contribution in [0.25, 0.3) is 0 Å². The molecular formula is C18H22N2OS. The molecular weight excluding hydrogens is 292 g/mol. The fourth-order valence-corrected chi connectivity index (χ4v) is 4.26. The molecule has 2 aromatic rings. The Bertz CT molecular complexity index is 692. The van der Waals surface area contributed by atoms with Crippen molar-refractivity contribution in [2.75, 3.05) is 11.4 Å². The molecule has 3 nitrogen and oxygen atoms in total. The molecule has 1 heterocycles. The number of thiazole rings is 1. The van der Waals surface area contributed by atoms with Crippen molar-refractivity contribution in [1.82, 2.24) is 4.98 Å². The van der Waals surface area contributed by atoms with Crippen LogP contribution in [0, 0.1) is 19.8 Å². The highest BCUT2D eigenvalue weighted by Crippen LogP contribution is 2.31. The van der Waals surface area contributed by atoms with Gasteiger partial charge in [-0.2, -0.15) is 0 Å². The monoisotopic (exact) mass is 314 g/mol. The highest BCUT2D eigenvalue weighted by atomic mass is 32.1. The van der Waals surface area contributed by atoms with Crippen LogP contribution in [-0.4, -0.2) is 17.4 Å². The molecule has 1 aliphatic rings. The number of nitrogens with zero attached hydrogens (tertiary/aromatic N) is 2. The minimum atomic E-state index is 0.0906. The first-order valence-electron chi connectivity index (χ1n) is 7.91. The number of hydrogen-bond acceptors (Lipinski definition) is 3. The Morgan fingerprint density at radius 1 is 1.41 bits per heavy atom. The Kier molecular flexibility index (Phi) is 4.30.